The highest BCUT2D eigenvalue weighted by Gasteiger charge is 2.37. The molecule has 0 bridgehead atoms. The first kappa shape index (κ1) is 11.9. The van der Waals surface area contributed by atoms with E-state index in [-0.39, 0.29) is 5.60 Å². The van der Waals surface area contributed by atoms with E-state index in [0.717, 1.165) is 25.0 Å². The van der Waals surface area contributed by atoms with Crippen molar-refractivity contribution in [3.63, 3.8) is 0 Å². The molecule has 2 atom stereocenters. The van der Waals surface area contributed by atoms with Crippen LogP contribution in [0.3, 0.4) is 0 Å². The number of halogens is 1. The topological polar surface area (TPSA) is 29.5 Å². The highest BCUT2D eigenvalue weighted by molar-refractivity contribution is 6.30. The fourth-order valence-electron chi connectivity index (χ4n) is 2.17. The average molecular weight is 241 g/mol. The molecule has 1 aliphatic rings. The predicted molar refractivity (Wildman–Crippen MR) is 64.8 cm³/mol. The lowest BCUT2D eigenvalue weighted by Gasteiger charge is -2.29. The van der Waals surface area contributed by atoms with E-state index in [4.69, 9.17) is 16.3 Å². The molecule has 2 unspecified atom stereocenters. The number of benzene rings is 1. The Balaban J connectivity index is 2.04. The Bertz CT molecular complexity index is 359. The first-order valence-electron chi connectivity index (χ1n) is 5.67. The van der Waals surface area contributed by atoms with Crippen molar-refractivity contribution in [3.05, 3.63) is 34.9 Å². The van der Waals surface area contributed by atoms with Crippen molar-refractivity contribution in [2.45, 2.75) is 37.9 Å². The van der Waals surface area contributed by atoms with Crippen LogP contribution in [0.1, 0.15) is 25.3 Å². The van der Waals surface area contributed by atoms with Gasteiger partial charge < -0.3 is 9.84 Å². The van der Waals surface area contributed by atoms with Gasteiger partial charge in [-0.15, -0.1) is 0 Å². The number of rotatable bonds is 3. The second kappa shape index (κ2) is 4.74. The second-order valence-electron chi connectivity index (χ2n) is 4.61. The molecule has 88 valence electrons. The molecule has 0 saturated carbocycles. The summed E-state index contributed by atoms with van der Waals surface area (Å²) in [6.07, 6.45) is 2.09. The van der Waals surface area contributed by atoms with Gasteiger partial charge in [0.25, 0.3) is 0 Å². The van der Waals surface area contributed by atoms with Crippen LogP contribution in [0, 0.1) is 0 Å². The first-order valence-corrected chi connectivity index (χ1v) is 6.04. The Morgan fingerprint density at radius 3 is 3.00 bits per heavy atom. The number of hydrogen-bond acceptors (Lipinski definition) is 2. The average Bonchev–Trinajstić information content (AvgIpc) is 2.66. The van der Waals surface area contributed by atoms with Crippen molar-refractivity contribution in [2.24, 2.45) is 0 Å². The molecule has 1 aromatic carbocycles. The fourth-order valence-corrected chi connectivity index (χ4v) is 2.38. The van der Waals surface area contributed by atoms with E-state index in [1.165, 1.54) is 0 Å². The standard InChI is InChI=1S/C13H17ClO2/c1-13(6-3-7-16-13)12(15)9-10-4-2-5-11(14)8-10/h2,4-5,8,12,15H,3,6-7,9H2,1H3. The lowest BCUT2D eigenvalue weighted by Crippen LogP contribution is -2.40. The molecular formula is C13H17ClO2. The predicted octanol–water partition coefficient (Wildman–Crippen LogP) is 2.81. The zero-order valence-electron chi connectivity index (χ0n) is 9.45. The molecule has 2 rings (SSSR count). The zero-order valence-corrected chi connectivity index (χ0v) is 10.2. The maximum Gasteiger partial charge on any atom is 0.0916 e. The maximum absolute atomic E-state index is 10.2. The molecule has 1 aliphatic heterocycles. The number of hydrogen-bond donors (Lipinski definition) is 1. The minimum atomic E-state index is -0.464. The van der Waals surface area contributed by atoms with Gasteiger partial charge in [-0.1, -0.05) is 23.7 Å². The van der Waals surface area contributed by atoms with Gasteiger partial charge >= 0.3 is 0 Å². The largest absolute Gasteiger partial charge is 0.390 e. The zero-order chi connectivity index (χ0) is 11.6. The van der Waals surface area contributed by atoms with E-state index < -0.39 is 6.10 Å². The van der Waals surface area contributed by atoms with Crippen LogP contribution in [0.2, 0.25) is 5.02 Å². The van der Waals surface area contributed by atoms with E-state index in [0.29, 0.717) is 11.4 Å². The summed E-state index contributed by atoms with van der Waals surface area (Å²) < 4.78 is 5.62. The number of aliphatic hydroxyl groups excluding tert-OH is 1. The quantitative estimate of drug-likeness (QED) is 0.881. The van der Waals surface area contributed by atoms with E-state index >= 15 is 0 Å². The van der Waals surface area contributed by atoms with E-state index in [1.807, 2.05) is 31.2 Å². The van der Waals surface area contributed by atoms with Crippen LogP contribution in [0.15, 0.2) is 24.3 Å². The van der Waals surface area contributed by atoms with E-state index in [9.17, 15) is 5.11 Å². The Hall–Kier alpha value is -0.570. The normalized spacial score (nSPS) is 26.9. The SMILES string of the molecule is CC1(C(O)Cc2cccc(Cl)c2)CCCO1. The molecule has 1 aromatic rings. The van der Waals surface area contributed by atoms with Crippen molar-refractivity contribution in [2.75, 3.05) is 6.61 Å². The smallest absolute Gasteiger partial charge is 0.0916 e. The van der Waals surface area contributed by atoms with Crippen LogP contribution in [0.4, 0.5) is 0 Å². The third-order valence-corrected chi connectivity index (χ3v) is 3.51. The minimum absolute atomic E-state index is 0.387. The van der Waals surface area contributed by atoms with Crippen molar-refractivity contribution >= 4 is 11.6 Å². The molecule has 0 aromatic heterocycles. The number of aliphatic hydroxyl groups is 1. The van der Waals surface area contributed by atoms with Crippen LogP contribution in [0.5, 0.6) is 0 Å². The molecule has 0 amide bonds. The summed E-state index contributed by atoms with van der Waals surface area (Å²) in [7, 11) is 0. The highest BCUT2D eigenvalue weighted by atomic mass is 35.5. The molecule has 2 nitrogen and oxygen atoms in total. The molecule has 1 heterocycles. The van der Waals surface area contributed by atoms with Crippen LogP contribution in [-0.4, -0.2) is 23.4 Å². The summed E-state index contributed by atoms with van der Waals surface area (Å²) in [4.78, 5) is 0. The molecule has 1 N–H and O–H groups in total. The molecule has 16 heavy (non-hydrogen) atoms. The van der Waals surface area contributed by atoms with Crippen LogP contribution >= 0.6 is 11.6 Å². The molecule has 1 saturated heterocycles. The van der Waals surface area contributed by atoms with Gasteiger partial charge in [-0.25, -0.2) is 0 Å². The molecular weight excluding hydrogens is 224 g/mol. The maximum atomic E-state index is 10.2. The van der Waals surface area contributed by atoms with Gasteiger partial charge in [-0.05, 0) is 37.5 Å². The summed E-state index contributed by atoms with van der Waals surface area (Å²) in [5.41, 5.74) is 0.666. The Kier molecular flexibility index (Phi) is 3.53. The Morgan fingerprint density at radius 1 is 1.56 bits per heavy atom. The summed E-state index contributed by atoms with van der Waals surface area (Å²) >= 11 is 5.91. The van der Waals surface area contributed by atoms with Gasteiger partial charge in [-0.3, -0.25) is 0 Å². The number of ether oxygens (including phenoxy) is 1. The van der Waals surface area contributed by atoms with Crippen LogP contribution < -0.4 is 0 Å². The molecule has 0 radical (unpaired) electrons. The summed E-state index contributed by atoms with van der Waals surface area (Å²) in [6.45, 7) is 2.73. The molecule has 1 fully saturated rings. The highest BCUT2D eigenvalue weighted by Crippen LogP contribution is 2.30. The van der Waals surface area contributed by atoms with Gasteiger partial charge in [0.05, 0.1) is 11.7 Å². The van der Waals surface area contributed by atoms with Crippen molar-refractivity contribution in [1.82, 2.24) is 0 Å². The molecule has 0 aliphatic carbocycles. The first-order chi connectivity index (χ1) is 7.60. The third kappa shape index (κ3) is 2.57. The van der Waals surface area contributed by atoms with Gasteiger partial charge in [0, 0.05) is 18.1 Å². The van der Waals surface area contributed by atoms with E-state index in [2.05, 4.69) is 0 Å². The van der Waals surface area contributed by atoms with Gasteiger partial charge in [0.2, 0.25) is 0 Å². The van der Waals surface area contributed by atoms with Crippen molar-refractivity contribution in [3.8, 4) is 0 Å². The van der Waals surface area contributed by atoms with Crippen LogP contribution in [-0.2, 0) is 11.2 Å². The van der Waals surface area contributed by atoms with Crippen molar-refractivity contribution < 1.29 is 9.84 Å². The third-order valence-electron chi connectivity index (χ3n) is 3.27. The van der Waals surface area contributed by atoms with Gasteiger partial charge in [0.1, 0.15) is 0 Å². The monoisotopic (exact) mass is 240 g/mol. The summed E-state index contributed by atoms with van der Waals surface area (Å²) in [5, 5.41) is 10.9. The van der Waals surface area contributed by atoms with Gasteiger partial charge in [0.15, 0.2) is 0 Å². The Labute approximate surface area is 101 Å². The van der Waals surface area contributed by atoms with Gasteiger partial charge in [-0.2, -0.15) is 0 Å². The molecule has 3 heteroatoms. The summed E-state index contributed by atoms with van der Waals surface area (Å²) in [6, 6.07) is 7.62. The lowest BCUT2D eigenvalue weighted by atomic mass is 9.91. The van der Waals surface area contributed by atoms with E-state index in [1.54, 1.807) is 0 Å². The summed E-state index contributed by atoms with van der Waals surface area (Å²) in [5.74, 6) is 0. The molecule has 0 spiro atoms. The minimum Gasteiger partial charge on any atom is -0.390 e. The van der Waals surface area contributed by atoms with Crippen LogP contribution in [0.25, 0.3) is 0 Å². The lowest BCUT2D eigenvalue weighted by molar-refractivity contribution is -0.0768. The fraction of sp³-hybridized carbons (Fsp3) is 0.538. The second-order valence-corrected chi connectivity index (χ2v) is 5.05. The van der Waals surface area contributed by atoms with Crippen molar-refractivity contribution in [1.29, 1.82) is 0 Å². The Morgan fingerprint density at radius 2 is 2.38 bits per heavy atom.